The van der Waals surface area contributed by atoms with Crippen molar-refractivity contribution in [1.29, 1.82) is 0 Å². The summed E-state index contributed by atoms with van der Waals surface area (Å²) in [5.74, 6) is -1.42. The number of aliphatic hydroxyl groups is 1. The number of fused-ring (bicyclic) bond motifs is 1. The molecule has 2 unspecified atom stereocenters. The van der Waals surface area contributed by atoms with Gasteiger partial charge < -0.3 is 19.8 Å². The Kier molecular flexibility index (Phi) is 9.03. The Labute approximate surface area is 221 Å². The van der Waals surface area contributed by atoms with E-state index in [0.29, 0.717) is 26.1 Å². The summed E-state index contributed by atoms with van der Waals surface area (Å²) < 4.78 is -1.08. The fourth-order valence-electron chi connectivity index (χ4n) is 6.69. The van der Waals surface area contributed by atoms with E-state index >= 15 is 0 Å². The largest absolute Gasteiger partial charge is 0.394 e. The number of nitrogens with zero attached hydrogens (tertiary/aromatic N) is 3. The fourth-order valence-corrected chi connectivity index (χ4v) is 9.02. The third-order valence-electron chi connectivity index (χ3n) is 8.50. The average Bonchev–Trinajstić information content (AvgIpc) is 3.39. The van der Waals surface area contributed by atoms with Crippen LogP contribution in [0.2, 0.25) is 0 Å². The first-order valence-corrected chi connectivity index (χ1v) is 14.2. The molecular weight excluding hydrogens is 474 g/mol. The van der Waals surface area contributed by atoms with Crippen LogP contribution in [0.1, 0.15) is 59.8 Å². The van der Waals surface area contributed by atoms with Crippen molar-refractivity contribution in [2.75, 3.05) is 33.3 Å². The topological polar surface area (TPSA) is 81.2 Å². The van der Waals surface area contributed by atoms with Crippen molar-refractivity contribution in [2.24, 2.45) is 17.8 Å². The van der Waals surface area contributed by atoms with Crippen molar-refractivity contribution >= 4 is 29.5 Å². The molecule has 3 amide bonds. The van der Waals surface area contributed by atoms with E-state index in [2.05, 4.69) is 27.0 Å². The minimum Gasteiger partial charge on any atom is -0.394 e. The number of unbranched alkanes of at least 4 members (excludes halogenated alkanes) is 2. The van der Waals surface area contributed by atoms with Crippen LogP contribution >= 0.6 is 11.8 Å². The van der Waals surface area contributed by atoms with Crippen LogP contribution in [0.5, 0.6) is 0 Å². The number of likely N-dealkylation sites (N-methyl/N-ethyl adjacent to an activating group) is 1. The molecule has 3 rings (SSSR count). The van der Waals surface area contributed by atoms with Gasteiger partial charge in [-0.3, -0.25) is 14.4 Å². The molecule has 0 radical (unpaired) electrons. The van der Waals surface area contributed by atoms with Crippen LogP contribution in [0.4, 0.5) is 0 Å². The van der Waals surface area contributed by atoms with Gasteiger partial charge in [-0.15, -0.1) is 24.9 Å². The molecule has 2 bridgehead atoms. The molecule has 0 aromatic heterocycles. The minimum atomic E-state index is -0.703. The Balaban J connectivity index is 2.11. The Morgan fingerprint density at radius 1 is 1.19 bits per heavy atom. The standard InChI is InChI=1S/C28H45N3O4S/c1-8-11-12-17-30(16-10-3)26(35)23-28-14-13-27(6,36-28)21(24(33)29(7)15-9-2)22(28)25(34)31(23)20(18-32)19(4)5/h9-10,19-23,32H,2-3,8,11-18H2,1,4-7H3/t20-,21+,22-,23?,27-,28?/m0/s1. The molecule has 3 saturated heterocycles. The van der Waals surface area contributed by atoms with Crippen LogP contribution in [-0.4, -0.2) is 92.4 Å². The number of rotatable bonds is 13. The predicted molar refractivity (Wildman–Crippen MR) is 145 cm³/mol. The zero-order chi connectivity index (χ0) is 26.8. The molecular formula is C28H45N3O4S. The smallest absolute Gasteiger partial charge is 0.247 e. The number of thioether (sulfide) groups is 1. The van der Waals surface area contributed by atoms with Crippen LogP contribution in [0.3, 0.4) is 0 Å². The predicted octanol–water partition coefficient (Wildman–Crippen LogP) is 3.33. The van der Waals surface area contributed by atoms with Crippen LogP contribution in [-0.2, 0) is 14.4 Å². The summed E-state index contributed by atoms with van der Waals surface area (Å²) in [5.41, 5.74) is 0. The first-order valence-electron chi connectivity index (χ1n) is 13.4. The van der Waals surface area contributed by atoms with Gasteiger partial charge in [0.2, 0.25) is 17.7 Å². The zero-order valence-corrected chi connectivity index (χ0v) is 23.6. The molecule has 3 aliphatic rings. The molecule has 7 nitrogen and oxygen atoms in total. The highest BCUT2D eigenvalue weighted by Gasteiger charge is 2.78. The summed E-state index contributed by atoms with van der Waals surface area (Å²) in [6.45, 7) is 17.0. The molecule has 0 aromatic rings. The first kappa shape index (κ1) is 28.8. The molecule has 8 heteroatoms. The molecule has 202 valence electrons. The maximum Gasteiger partial charge on any atom is 0.247 e. The van der Waals surface area contributed by atoms with Gasteiger partial charge in [-0.2, -0.15) is 0 Å². The number of carbonyl (C=O) groups is 3. The Morgan fingerprint density at radius 2 is 1.86 bits per heavy atom. The molecule has 1 N–H and O–H groups in total. The van der Waals surface area contributed by atoms with Crippen molar-refractivity contribution in [3.63, 3.8) is 0 Å². The summed E-state index contributed by atoms with van der Waals surface area (Å²) in [6, 6.07) is -1.19. The number of hydrogen-bond donors (Lipinski definition) is 1. The normalized spacial score (nSPS) is 31.5. The quantitative estimate of drug-likeness (QED) is 0.298. The molecule has 0 aliphatic carbocycles. The SMILES string of the molecule is C=CCN(C)C(=O)[C@H]1[C@H]2C(=O)N([C@@H](CO)C(C)C)C(C(=O)N(CC=C)CCCCC)C23CC[C@]1(C)S3. The Morgan fingerprint density at radius 3 is 2.42 bits per heavy atom. The minimum absolute atomic E-state index is 0.0344. The number of likely N-dealkylation sites (tertiary alicyclic amines) is 1. The van der Waals surface area contributed by atoms with E-state index in [1.165, 1.54) is 0 Å². The van der Waals surface area contributed by atoms with Crippen LogP contribution in [0.15, 0.2) is 25.3 Å². The highest BCUT2D eigenvalue weighted by molar-refractivity contribution is 8.02. The number of aliphatic hydroxyl groups excluding tert-OH is 1. The monoisotopic (exact) mass is 519 g/mol. The number of amides is 3. The lowest BCUT2D eigenvalue weighted by Crippen LogP contribution is -2.58. The molecule has 3 heterocycles. The van der Waals surface area contributed by atoms with E-state index in [1.54, 1.807) is 40.8 Å². The van der Waals surface area contributed by atoms with Gasteiger partial charge in [-0.25, -0.2) is 0 Å². The second-order valence-corrected chi connectivity index (χ2v) is 13.2. The van der Waals surface area contributed by atoms with Gasteiger partial charge >= 0.3 is 0 Å². The van der Waals surface area contributed by atoms with Gasteiger partial charge in [0.1, 0.15) is 6.04 Å². The van der Waals surface area contributed by atoms with Gasteiger partial charge in [-0.05, 0) is 32.1 Å². The summed E-state index contributed by atoms with van der Waals surface area (Å²) in [6.07, 6.45) is 7.87. The summed E-state index contributed by atoms with van der Waals surface area (Å²) in [4.78, 5) is 47.5. The lowest BCUT2D eigenvalue weighted by Gasteiger charge is -2.40. The highest BCUT2D eigenvalue weighted by atomic mass is 32.2. The molecule has 3 fully saturated rings. The Hall–Kier alpha value is -1.80. The van der Waals surface area contributed by atoms with Crippen molar-refractivity contribution in [2.45, 2.75) is 81.4 Å². The van der Waals surface area contributed by atoms with Gasteiger partial charge in [0.05, 0.1) is 29.2 Å². The zero-order valence-electron chi connectivity index (χ0n) is 22.7. The van der Waals surface area contributed by atoms with Gasteiger partial charge in [0.15, 0.2) is 0 Å². The van der Waals surface area contributed by atoms with Crippen molar-refractivity contribution in [3.8, 4) is 0 Å². The van der Waals surface area contributed by atoms with E-state index in [4.69, 9.17) is 0 Å². The summed E-state index contributed by atoms with van der Waals surface area (Å²) in [7, 11) is 1.75. The molecule has 0 aromatic carbocycles. The fraction of sp³-hybridized carbons (Fsp3) is 0.750. The van der Waals surface area contributed by atoms with Crippen molar-refractivity contribution in [3.05, 3.63) is 25.3 Å². The molecule has 6 atom stereocenters. The van der Waals surface area contributed by atoms with Gasteiger partial charge in [0.25, 0.3) is 0 Å². The van der Waals surface area contributed by atoms with Crippen LogP contribution < -0.4 is 0 Å². The van der Waals surface area contributed by atoms with E-state index < -0.39 is 33.4 Å². The average molecular weight is 520 g/mol. The van der Waals surface area contributed by atoms with Gasteiger partial charge in [-0.1, -0.05) is 45.8 Å². The van der Waals surface area contributed by atoms with Crippen molar-refractivity contribution < 1.29 is 19.5 Å². The Bertz CT molecular complexity index is 879. The maximum atomic E-state index is 14.4. The van der Waals surface area contributed by atoms with Crippen LogP contribution in [0, 0.1) is 17.8 Å². The van der Waals surface area contributed by atoms with E-state index in [9.17, 15) is 19.5 Å². The second kappa shape index (κ2) is 11.3. The van der Waals surface area contributed by atoms with Crippen molar-refractivity contribution in [1.82, 2.24) is 14.7 Å². The molecule has 1 spiro atoms. The van der Waals surface area contributed by atoms with E-state index in [-0.39, 0.29) is 30.2 Å². The lowest BCUT2D eigenvalue weighted by molar-refractivity contribution is -0.148. The van der Waals surface area contributed by atoms with E-state index in [0.717, 1.165) is 25.7 Å². The van der Waals surface area contributed by atoms with Gasteiger partial charge in [0, 0.05) is 31.4 Å². The summed E-state index contributed by atoms with van der Waals surface area (Å²) in [5, 5.41) is 10.4. The van der Waals surface area contributed by atoms with E-state index in [1.807, 2.05) is 18.7 Å². The second-order valence-electron chi connectivity index (χ2n) is 11.3. The molecule has 36 heavy (non-hydrogen) atoms. The number of carbonyl (C=O) groups excluding carboxylic acids is 3. The lowest BCUT2D eigenvalue weighted by atomic mass is 9.66. The third kappa shape index (κ3) is 4.64. The third-order valence-corrected chi connectivity index (χ3v) is 10.5. The van der Waals surface area contributed by atoms with Crippen LogP contribution in [0.25, 0.3) is 0 Å². The number of hydrogen-bond acceptors (Lipinski definition) is 5. The molecule has 0 saturated carbocycles. The molecule has 3 aliphatic heterocycles. The first-order chi connectivity index (χ1) is 17.0. The summed E-state index contributed by atoms with van der Waals surface area (Å²) >= 11 is 1.68. The maximum absolute atomic E-state index is 14.4. The highest BCUT2D eigenvalue weighted by Crippen LogP contribution is 2.72.